The number of benzene rings is 6. The van der Waals surface area contributed by atoms with Gasteiger partial charge in [0.05, 0.1) is 0 Å². The number of allylic oxidation sites excluding steroid dienone is 2. The monoisotopic (exact) mass is 813 g/mol. The second-order valence-electron chi connectivity index (χ2n) is 16.0. The maximum absolute atomic E-state index is 8.88. The zero-order valence-electron chi connectivity index (χ0n) is 31.3. The van der Waals surface area contributed by atoms with Gasteiger partial charge in [-0.1, -0.05) is 0 Å². The summed E-state index contributed by atoms with van der Waals surface area (Å²) in [7, 11) is 17.8. The van der Waals surface area contributed by atoms with E-state index in [4.69, 9.17) is 17.0 Å². The Balaban J connectivity index is 1.38. The molecule has 0 aliphatic heterocycles. The van der Waals surface area contributed by atoms with E-state index in [9.17, 15) is 0 Å². The zero-order chi connectivity index (χ0) is 36.4. The van der Waals surface area contributed by atoms with Crippen molar-refractivity contribution in [2.45, 2.75) is 67.3 Å². The molecule has 2 atom stereocenters. The van der Waals surface area contributed by atoms with Crippen molar-refractivity contribution in [1.82, 2.24) is 0 Å². The third kappa shape index (κ3) is 5.54. The molecule has 52 heavy (non-hydrogen) atoms. The summed E-state index contributed by atoms with van der Waals surface area (Å²) in [6, 6.07) is 42.7. The van der Waals surface area contributed by atoms with Gasteiger partial charge >= 0.3 is 322 Å². The number of unbranched alkanes of at least 4 members (excludes halogenated alkanes) is 1. The molecule has 0 radical (unpaired) electrons. The summed E-state index contributed by atoms with van der Waals surface area (Å²) in [5, 5.41) is 5.10. The number of rotatable bonds is 9. The molecule has 0 bridgehead atoms. The van der Waals surface area contributed by atoms with E-state index in [-0.39, 0.29) is 7.25 Å². The van der Waals surface area contributed by atoms with E-state index in [1.807, 2.05) is 0 Å². The van der Waals surface area contributed by atoms with Gasteiger partial charge in [-0.05, 0) is 0 Å². The predicted octanol–water partition coefficient (Wildman–Crippen LogP) is 14.9. The first-order chi connectivity index (χ1) is 25.0. The molecule has 4 heteroatoms. The van der Waals surface area contributed by atoms with Crippen LogP contribution in [0.25, 0.3) is 56.0 Å². The molecule has 0 saturated carbocycles. The van der Waals surface area contributed by atoms with Gasteiger partial charge in [-0.2, -0.15) is 0 Å². The molecule has 0 nitrogen and oxygen atoms in total. The molecular formula is C48H49Cl2SiZr. The second-order valence-corrected chi connectivity index (χ2v) is 58.5. The topological polar surface area (TPSA) is 0 Å². The SMILES string of the molecule is CCCCc1ccc(-c2cccc3ccccc23)c2c1[CH]([Zr]([Cl])([Cl])([CH]1C(C(C)C)=Cc3c(-c4cccc5ccccc45)cccc31)[SiH](C)C)C(C)=C2. The van der Waals surface area contributed by atoms with Crippen LogP contribution in [0.3, 0.4) is 0 Å². The van der Waals surface area contributed by atoms with E-state index in [0.29, 0.717) is 5.92 Å². The normalized spacial score (nSPS) is 17.7. The standard InChI is InChI=1S/C24H23.C22H19.C2H7Si.2ClH.Zr/c1-3-4-8-19-13-14-22(24-16-17(2)15-23(19)24)21-12-7-10-18-9-5-6-11-20(18)21;1-15(2)18-13-17-9-6-12-21(22(17)14-18)20-11-5-8-16-7-3-4-10-19(16)20;1-3-2;;;/h5-7,9-16H,3-4,8H2,1-2H3;3-15H,1-2H3;3H,1-2H3;2*1H;/q;;;;;+2/p-2. The Morgan fingerprint density at radius 1 is 0.635 bits per heavy atom. The molecule has 2 aliphatic rings. The molecule has 0 aromatic heterocycles. The van der Waals surface area contributed by atoms with Crippen LogP contribution in [0.5, 0.6) is 0 Å². The van der Waals surface area contributed by atoms with Gasteiger partial charge in [-0.15, -0.1) is 0 Å². The molecule has 8 rings (SSSR count). The minimum atomic E-state index is -4.97. The number of hydrogen-bond donors (Lipinski definition) is 0. The third-order valence-corrected chi connectivity index (χ3v) is 64.3. The Morgan fingerprint density at radius 3 is 1.79 bits per heavy atom. The Bertz CT molecular complexity index is 2420. The quantitative estimate of drug-likeness (QED) is 0.128. The van der Waals surface area contributed by atoms with Gasteiger partial charge in [-0.3, -0.25) is 0 Å². The van der Waals surface area contributed by atoms with Crippen molar-refractivity contribution in [2.75, 3.05) is 0 Å². The van der Waals surface area contributed by atoms with Gasteiger partial charge in [0, 0.05) is 0 Å². The molecule has 0 saturated heterocycles. The van der Waals surface area contributed by atoms with Crippen LogP contribution in [0.4, 0.5) is 0 Å². The van der Waals surface area contributed by atoms with Gasteiger partial charge in [0.15, 0.2) is 0 Å². The van der Waals surface area contributed by atoms with Crippen molar-refractivity contribution < 1.29 is 15.6 Å². The van der Waals surface area contributed by atoms with E-state index in [1.165, 1.54) is 82.8 Å². The van der Waals surface area contributed by atoms with Crippen LogP contribution in [-0.4, -0.2) is 5.92 Å². The Morgan fingerprint density at radius 2 is 1.19 bits per heavy atom. The molecule has 0 heterocycles. The van der Waals surface area contributed by atoms with E-state index in [0.717, 1.165) is 19.3 Å². The molecule has 2 unspecified atom stereocenters. The van der Waals surface area contributed by atoms with Crippen LogP contribution in [0, 0.1) is 5.92 Å². The van der Waals surface area contributed by atoms with Crippen molar-refractivity contribution in [3.05, 3.63) is 154 Å². The molecule has 6 aromatic carbocycles. The summed E-state index contributed by atoms with van der Waals surface area (Å²) < 4.78 is 0.119. The van der Waals surface area contributed by atoms with E-state index in [1.54, 1.807) is 0 Å². The molecule has 0 N–H and O–H groups in total. The van der Waals surface area contributed by atoms with E-state index >= 15 is 0 Å². The van der Waals surface area contributed by atoms with Crippen LogP contribution in [-0.2, 0) is 22.0 Å². The molecule has 0 fully saturated rings. The first kappa shape index (κ1) is 36.0. The van der Waals surface area contributed by atoms with Gasteiger partial charge in [0.1, 0.15) is 0 Å². The first-order valence-electron chi connectivity index (χ1n) is 19.3. The van der Waals surface area contributed by atoms with Crippen molar-refractivity contribution in [2.24, 2.45) is 5.92 Å². The molecule has 2 aliphatic carbocycles. The van der Waals surface area contributed by atoms with E-state index in [2.05, 4.69) is 168 Å². The summed E-state index contributed by atoms with van der Waals surface area (Å²) in [6.07, 6.45) is 8.35. The van der Waals surface area contributed by atoms with Crippen LogP contribution in [0.2, 0.25) is 13.1 Å². The van der Waals surface area contributed by atoms with Crippen LogP contribution < -0.4 is 0 Å². The summed E-state index contributed by atoms with van der Waals surface area (Å²) in [4.78, 5) is 0. The fourth-order valence-electron chi connectivity index (χ4n) is 9.78. The predicted molar refractivity (Wildman–Crippen MR) is 230 cm³/mol. The van der Waals surface area contributed by atoms with Crippen molar-refractivity contribution >= 4 is 56.6 Å². The van der Waals surface area contributed by atoms with Gasteiger partial charge in [-0.25, -0.2) is 0 Å². The molecule has 263 valence electrons. The summed E-state index contributed by atoms with van der Waals surface area (Å²) in [5.74, 6) is -1.38. The Labute approximate surface area is 319 Å². The van der Waals surface area contributed by atoms with Gasteiger partial charge in [0.2, 0.25) is 0 Å². The van der Waals surface area contributed by atoms with Crippen LogP contribution in [0.1, 0.15) is 75.6 Å². The Hall–Kier alpha value is -3.00. The van der Waals surface area contributed by atoms with Gasteiger partial charge in [0.25, 0.3) is 0 Å². The van der Waals surface area contributed by atoms with Crippen molar-refractivity contribution in [3.63, 3.8) is 0 Å². The molecular weight excluding hydrogens is 767 g/mol. The number of aryl methyl sites for hydroxylation is 1. The summed E-state index contributed by atoms with van der Waals surface area (Å²) in [5.41, 5.74) is 14.8. The van der Waals surface area contributed by atoms with Crippen LogP contribution >= 0.6 is 17.0 Å². The summed E-state index contributed by atoms with van der Waals surface area (Å²) in [6.45, 7) is 14.3. The molecule has 6 aromatic rings. The minimum absolute atomic E-state index is 0.0564. The molecule has 0 amide bonds. The van der Waals surface area contributed by atoms with Crippen molar-refractivity contribution in [1.29, 1.82) is 0 Å². The maximum atomic E-state index is 8.88. The number of fused-ring (bicyclic) bond motifs is 4. The van der Waals surface area contributed by atoms with Gasteiger partial charge < -0.3 is 0 Å². The van der Waals surface area contributed by atoms with Crippen molar-refractivity contribution in [3.8, 4) is 22.3 Å². The fourth-order valence-corrected chi connectivity index (χ4v) is 41.9. The number of halogens is 2. The second kappa shape index (κ2) is 13.7. The van der Waals surface area contributed by atoms with E-state index < -0.39 is 21.5 Å². The van der Waals surface area contributed by atoms with Crippen LogP contribution in [0.15, 0.2) is 126 Å². The average molecular weight is 816 g/mol. The third-order valence-electron chi connectivity index (χ3n) is 12.4. The Kier molecular flexibility index (Phi) is 9.48. The first-order valence-corrected chi connectivity index (χ1v) is 35.6. The number of hydrogen-bond acceptors (Lipinski definition) is 0. The molecule has 0 spiro atoms. The zero-order valence-corrected chi connectivity index (χ0v) is 36.4. The average Bonchev–Trinajstić information content (AvgIpc) is 3.73. The summed E-state index contributed by atoms with van der Waals surface area (Å²) >= 11 is -4.97. The fraction of sp³-hybridized carbons (Fsp3) is 0.250.